The van der Waals surface area contributed by atoms with Crippen molar-refractivity contribution in [2.75, 3.05) is 5.75 Å². The van der Waals surface area contributed by atoms with Crippen molar-refractivity contribution in [3.8, 4) is 0 Å². The number of benzene rings is 2. The Bertz CT molecular complexity index is 1010. The molecule has 1 aromatic heterocycles. The molecule has 2 aromatic carbocycles. The summed E-state index contributed by atoms with van der Waals surface area (Å²) in [6, 6.07) is 13.5. The highest BCUT2D eigenvalue weighted by Crippen LogP contribution is 2.59. The van der Waals surface area contributed by atoms with Crippen molar-refractivity contribution in [1.29, 1.82) is 0 Å². The van der Waals surface area contributed by atoms with Gasteiger partial charge in [-0.05, 0) is 23.8 Å². The fraction of sp³-hybridized carbons (Fsp3) is 0.211. The molecule has 28 heavy (non-hydrogen) atoms. The summed E-state index contributed by atoms with van der Waals surface area (Å²) in [5.41, 5.74) is 0.808. The molecule has 0 bridgehead atoms. The Morgan fingerprint density at radius 1 is 1.29 bits per heavy atom. The number of nitrogens with zero attached hydrogens (tertiary/aromatic N) is 3. The van der Waals surface area contributed by atoms with Crippen molar-refractivity contribution in [2.24, 2.45) is 0 Å². The molecule has 1 aliphatic heterocycles. The number of carbonyl (C=O) groups is 1. The van der Waals surface area contributed by atoms with E-state index in [1.54, 1.807) is 22.9 Å². The van der Waals surface area contributed by atoms with Crippen LogP contribution in [0.1, 0.15) is 17.2 Å². The van der Waals surface area contributed by atoms with Crippen LogP contribution < -0.4 is 0 Å². The fourth-order valence-corrected chi connectivity index (χ4v) is 4.03. The van der Waals surface area contributed by atoms with Crippen molar-refractivity contribution in [1.82, 2.24) is 14.8 Å². The van der Waals surface area contributed by atoms with Crippen LogP contribution in [-0.2, 0) is 21.7 Å². The number of epoxide rings is 1. The SMILES string of the molecule is O=C(O)CSc1ncnn1C[C@]1(c2ccc(F)cc2)O[C@@H]1c1ccccc1Cl. The maximum Gasteiger partial charge on any atom is 0.313 e. The number of ether oxygens (including phenoxy) is 1. The Hall–Kier alpha value is -2.42. The number of hydrogen-bond donors (Lipinski definition) is 1. The van der Waals surface area contributed by atoms with E-state index in [0.717, 1.165) is 22.9 Å². The predicted molar refractivity (Wildman–Crippen MR) is 102 cm³/mol. The summed E-state index contributed by atoms with van der Waals surface area (Å²) >= 11 is 7.43. The average molecular weight is 420 g/mol. The van der Waals surface area contributed by atoms with Gasteiger partial charge < -0.3 is 9.84 Å². The summed E-state index contributed by atoms with van der Waals surface area (Å²) in [4.78, 5) is 15.0. The molecule has 0 saturated carbocycles. The molecule has 1 saturated heterocycles. The first-order valence-electron chi connectivity index (χ1n) is 8.40. The van der Waals surface area contributed by atoms with Gasteiger partial charge >= 0.3 is 5.97 Å². The highest BCUT2D eigenvalue weighted by atomic mass is 35.5. The molecule has 2 atom stereocenters. The largest absolute Gasteiger partial charge is 0.481 e. The summed E-state index contributed by atoms with van der Waals surface area (Å²) in [6.45, 7) is 0.288. The van der Waals surface area contributed by atoms with Gasteiger partial charge in [-0.2, -0.15) is 5.10 Å². The lowest BCUT2D eigenvalue weighted by atomic mass is 9.91. The maximum atomic E-state index is 13.4. The molecule has 9 heteroatoms. The van der Waals surface area contributed by atoms with E-state index in [0.29, 0.717) is 10.2 Å². The molecule has 6 nitrogen and oxygen atoms in total. The molecular formula is C19H15ClFN3O3S. The van der Waals surface area contributed by atoms with E-state index in [1.165, 1.54) is 18.5 Å². The van der Waals surface area contributed by atoms with Crippen LogP contribution in [-0.4, -0.2) is 31.6 Å². The van der Waals surface area contributed by atoms with Gasteiger partial charge in [0, 0.05) is 10.6 Å². The Balaban J connectivity index is 1.68. The van der Waals surface area contributed by atoms with Crippen LogP contribution in [0.2, 0.25) is 5.02 Å². The van der Waals surface area contributed by atoms with Crippen molar-refractivity contribution in [2.45, 2.75) is 23.4 Å². The minimum Gasteiger partial charge on any atom is -0.481 e. The number of carboxylic acids is 1. The molecule has 3 aromatic rings. The number of rotatable bonds is 7. The number of hydrogen-bond acceptors (Lipinski definition) is 5. The van der Waals surface area contributed by atoms with E-state index >= 15 is 0 Å². The molecule has 0 amide bonds. The topological polar surface area (TPSA) is 80.5 Å². The zero-order valence-corrected chi connectivity index (χ0v) is 16.0. The van der Waals surface area contributed by atoms with E-state index in [1.807, 2.05) is 18.2 Å². The summed E-state index contributed by atoms with van der Waals surface area (Å²) in [5, 5.41) is 14.2. The third kappa shape index (κ3) is 3.63. The van der Waals surface area contributed by atoms with Crippen LogP contribution in [0.4, 0.5) is 4.39 Å². The Morgan fingerprint density at radius 3 is 2.75 bits per heavy atom. The fourth-order valence-electron chi connectivity index (χ4n) is 3.16. The van der Waals surface area contributed by atoms with Crippen molar-refractivity contribution >= 4 is 29.3 Å². The zero-order chi connectivity index (χ0) is 19.7. The normalized spacial score (nSPS) is 20.9. The maximum absolute atomic E-state index is 13.4. The smallest absolute Gasteiger partial charge is 0.313 e. The molecule has 0 spiro atoms. The minimum absolute atomic E-state index is 0.128. The Morgan fingerprint density at radius 2 is 2.04 bits per heavy atom. The molecule has 0 radical (unpaired) electrons. The van der Waals surface area contributed by atoms with Gasteiger partial charge in [0.1, 0.15) is 23.8 Å². The van der Waals surface area contributed by atoms with Gasteiger partial charge in [0.2, 0.25) is 0 Å². The van der Waals surface area contributed by atoms with E-state index in [2.05, 4.69) is 10.1 Å². The monoisotopic (exact) mass is 419 g/mol. The zero-order valence-electron chi connectivity index (χ0n) is 14.5. The van der Waals surface area contributed by atoms with Gasteiger partial charge in [-0.15, -0.1) is 0 Å². The van der Waals surface area contributed by atoms with Gasteiger partial charge in [0.25, 0.3) is 0 Å². The summed E-state index contributed by atoms with van der Waals surface area (Å²) in [5.74, 6) is -1.41. The molecule has 0 unspecified atom stereocenters. The summed E-state index contributed by atoms with van der Waals surface area (Å²) in [6.07, 6.45) is 1.03. The molecule has 1 N–H and O–H groups in total. The third-order valence-corrected chi connectivity index (χ3v) is 5.81. The van der Waals surface area contributed by atoms with E-state index in [-0.39, 0.29) is 24.2 Å². The first kappa shape index (κ1) is 18.9. The minimum atomic E-state index is -0.940. The van der Waals surface area contributed by atoms with Crippen LogP contribution in [0.5, 0.6) is 0 Å². The number of thioether (sulfide) groups is 1. The van der Waals surface area contributed by atoms with Crippen molar-refractivity contribution in [3.63, 3.8) is 0 Å². The van der Waals surface area contributed by atoms with Crippen LogP contribution in [0.15, 0.2) is 60.0 Å². The molecular weight excluding hydrogens is 405 g/mol. The van der Waals surface area contributed by atoms with Crippen molar-refractivity contribution in [3.05, 3.63) is 76.8 Å². The number of aromatic nitrogens is 3. The molecule has 4 rings (SSSR count). The third-order valence-electron chi connectivity index (χ3n) is 4.50. The van der Waals surface area contributed by atoms with Gasteiger partial charge in [-0.3, -0.25) is 4.79 Å². The molecule has 144 valence electrons. The van der Waals surface area contributed by atoms with Crippen LogP contribution in [0, 0.1) is 5.82 Å². The molecule has 1 fully saturated rings. The molecule has 2 heterocycles. The number of aliphatic carboxylic acids is 1. The Labute approximate surface area is 169 Å². The summed E-state index contributed by atoms with van der Waals surface area (Å²) in [7, 11) is 0. The summed E-state index contributed by atoms with van der Waals surface area (Å²) < 4.78 is 21.2. The average Bonchev–Trinajstić information content (AvgIpc) is 3.22. The first-order chi connectivity index (χ1) is 13.5. The van der Waals surface area contributed by atoms with E-state index < -0.39 is 11.6 Å². The number of halogens is 2. The highest BCUT2D eigenvalue weighted by molar-refractivity contribution is 7.99. The molecule has 1 aliphatic rings. The highest BCUT2D eigenvalue weighted by Gasteiger charge is 2.59. The first-order valence-corrected chi connectivity index (χ1v) is 9.76. The quantitative estimate of drug-likeness (QED) is 0.462. The van der Waals surface area contributed by atoms with Crippen LogP contribution in [0.25, 0.3) is 0 Å². The lowest BCUT2D eigenvalue weighted by Gasteiger charge is -2.15. The lowest BCUT2D eigenvalue weighted by Crippen LogP contribution is -2.21. The van der Waals surface area contributed by atoms with Gasteiger partial charge in [0.15, 0.2) is 5.16 Å². The van der Waals surface area contributed by atoms with Gasteiger partial charge in [-0.25, -0.2) is 14.1 Å². The van der Waals surface area contributed by atoms with Crippen LogP contribution >= 0.6 is 23.4 Å². The molecule has 0 aliphatic carbocycles. The lowest BCUT2D eigenvalue weighted by molar-refractivity contribution is -0.133. The second-order valence-corrected chi connectivity index (χ2v) is 7.65. The van der Waals surface area contributed by atoms with Crippen LogP contribution in [0.3, 0.4) is 0 Å². The van der Waals surface area contributed by atoms with Crippen molar-refractivity contribution < 1.29 is 19.0 Å². The predicted octanol–water partition coefficient (Wildman–Crippen LogP) is 3.91. The van der Waals surface area contributed by atoms with E-state index in [9.17, 15) is 9.18 Å². The van der Waals surface area contributed by atoms with Gasteiger partial charge in [0.05, 0.1) is 12.3 Å². The van der Waals surface area contributed by atoms with E-state index in [4.69, 9.17) is 21.4 Å². The number of carboxylic acid groups (broad SMARTS) is 1. The Kier molecular flexibility index (Phi) is 5.09. The second-order valence-electron chi connectivity index (χ2n) is 6.30. The van der Waals surface area contributed by atoms with Gasteiger partial charge in [-0.1, -0.05) is 53.7 Å². The standard InChI is InChI=1S/C19H15ClFN3O3S/c20-15-4-2-1-3-14(15)17-19(27-17,12-5-7-13(21)8-6-12)10-24-18(22-11-23-24)28-9-16(25)26/h1-8,11,17H,9-10H2,(H,25,26)/t17-,19-/m1/s1. The second kappa shape index (κ2) is 7.54.